The van der Waals surface area contributed by atoms with Crippen molar-refractivity contribution < 1.29 is 23.9 Å². The SMILES string of the molecule is CC(=O)NCC(=O)NCC(=O)NCCC(=O)OC(C)(C)C. The molecule has 0 saturated carbocycles. The largest absolute Gasteiger partial charge is 0.460 e. The van der Waals surface area contributed by atoms with Gasteiger partial charge in [0.1, 0.15) is 5.60 Å². The Morgan fingerprint density at radius 2 is 1.43 bits per heavy atom. The third kappa shape index (κ3) is 12.6. The van der Waals surface area contributed by atoms with E-state index in [1.54, 1.807) is 20.8 Å². The molecule has 0 aliphatic carbocycles. The number of esters is 1. The smallest absolute Gasteiger partial charge is 0.308 e. The minimum Gasteiger partial charge on any atom is -0.460 e. The number of amides is 3. The minimum absolute atomic E-state index is 0.0584. The first-order valence-electron chi connectivity index (χ1n) is 6.60. The van der Waals surface area contributed by atoms with Crippen LogP contribution in [0.4, 0.5) is 0 Å². The summed E-state index contributed by atoms with van der Waals surface area (Å²) in [5.74, 6) is -1.62. The first-order valence-corrected chi connectivity index (χ1v) is 6.60. The lowest BCUT2D eigenvalue weighted by atomic mass is 10.2. The van der Waals surface area contributed by atoms with Crippen molar-refractivity contribution in [3.63, 3.8) is 0 Å². The molecule has 0 aliphatic heterocycles. The van der Waals surface area contributed by atoms with E-state index >= 15 is 0 Å². The van der Waals surface area contributed by atoms with Crippen molar-refractivity contribution in [1.82, 2.24) is 16.0 Å². The summed E-state index contributed by atoms with van der Waals surface area (Å²) in [4.78, 5) is 44.5. The second-order valence-corrected chi connectivity index (χ2v) is 5.37. The Balaban J connectivity index is 3.74. The molecule has 8 nitrogen and oxygen atoms in total. The molecule has 0 atom stereocenters. The third-order valence-electron chi connectivity index (χ3n) is 2.02. The van der Waals surface area contributed by atoms with Gasteiger partial charge in [-0.25, -0.2) is 0 Å². The maximum atomic E-state index is 11.4. The van der Waals surface area contributed by atoms with Crippen molar-refractivity contribution in [2.24, 2.45) is 0 Å². The second kappa shape index (κ2) is 8.93. The van der Waals surface area contributed by atoms with E-state index in [0.717, 1.165) is 0 Å². The van der Waals surface area contributed by atoms with E-state index in [4.69, 9.17) is 4.74 Å². The van der Waals surface area contributed by atoms with Gasteiger partial charge < -0.3 is 20.7 Å². The molecule has 0 radical (unpaired) electrons. The number of hydrogen-bond donors (Lipinski definition) is 3. The topological polar surface area (TPSA) is 114 Å². The van der Waals surface area contributed by atoms with Gasteiger partial charge in [-0.3, -0.25) is 19.2 Å². The van der Waals surface area contributed by atoms with E-state index in [1.807, 2.05) is 0 Å². The highest BCUT2D eigenvalue weighted by molar-refractivity contribution is 5.87. The highest BCUT2D eigenvalue weighted by atomic mass is 16.6. The van der Waals surface area contributed by atoms with Gasteiger partial charge in [0.05, 0.1) is 19.5 Å². The molecule has 0 fully saturated rings. The summed E-state index contributed by atoms with van der Waals surface area (Å²) >= 11 is 0. The Labute approximate surface area is 124 Å². The number of carbonyl (C=O) groups is 4. The Kier molecular flexibility index (Phi) is 8.03. The van der Waals surface area contributed by atoms with Crippen LogP contribution in [-0.2, 0) is 23.9 Å². The maximum absolute atomic E-state index is 11.4. The van der Waals surface area contributed by atoms with E-state index in [1.165, 1.54) is 6.92 Å². The van der Waals surface area contributed by atoms with Crippen molar-refractivity contribution in [2.75, 3.05) is 19.6 Å². The van der Waals surface area contributed by atoms with Crippen LogP contribution in [0.5, 0.6) is 0 Å². The summed E-state index contributed by atoms with van der Waals surface area (Å²) in [5.41, 5.74) is -0.557. The molecule has 0 bridgehead atoms. The number of rotatable bonds is 7. The summed E-state index contributed by atoms with van der Waals surface area (Å²) < 4.78 is 5.07. The molecule has 0 aromatic rings. The molecule has 3 amide bonds. The van der Waals surface area contributed by atoms with Gasteiger partial charge in [-0.2, -0.15) is 0 Å². The Morgan fingerprint density at radius 3 is 1.95 bits per heavy atom. The number of carbonyl (C=O) groups excluding carboxylic acids is 4. The fraction of sp³-hybridized carbons (Fsp3) is 0.692. The molecule has 0 unspecified atom stereocenters. The molecule has 3 N–H and O–H groups in total. The molecule has 120 valence electrons. The molecule has 0 aromatic carbocycles. The van der Waals surface area contributed by atoms with E-state index in [0.29, 0.717) is 0 Å². The van der Waals surface area contributed by atoms with Crippen LogP contribution in [0.1, 0.15) is 34.1 Å². The molecule has 0 saturated heterocycles. The highest BCUT2D eigenvalue weighted by Crippen LogP contribution is 2.07. The summed E-state index contributed by atoms with van der Waals surface area (Å²) in [6.45, 7) is 6.30. The van der Waals surface area contributed by atoms with Gasteiger partial charge >= 0.3 is 5.97 Å². The van der Waals surface area contributed by atoms with Gasteiger partial charge in [0.2, 0.25) is 17.7 Å². The van der Waals surface area contributed by atoms with E-state index < -0.39 is 23.4 Å². The zero-order valence-electron chi connectivity index (χ0n) is 12.9. The Morgan fingerprint density at radius 1 is 0.905 bits per heavy atom. The van der Waals surface area contributed by atoms with Crippen LogP contribution in [0.2, 0.25) is 0 Å². The van der Waals surface area contributed by atoms with Crippen molar-refractivity contribution >= 4 is 23.7 Å². The maximum Gasteiger partial charge on any atom is 0.308 e. The zero-order valence-corrected chi connectivity index (χ0v) is 12.9. The van der Waals surface area contributed by atoms with Crippen LogP contribution in [0.3, 0.4) is 0 Å². The molecule has 0 spiro atoms. The number of nitrogens with one attached hydrogen (secondary N) is 3. The molecule has 0 rings (SSSR count). The fourth-order valence-electron chi connectivity index (χ4n) is 1.21. The summed E-state index contributed by atoms with van der Waals surface area (Å²) in [5, 5.41) is 7.11. The Hall–Kier alpha value is -2.12. The van der Waals surface area contributed by atoms with E-state index in [9.17, 15) is 19.2 Å². The van der Waals surface area contributed by atoms with E-state index in [-0.39, 0.29) is 32.0 Å². The predicted molar refractivity (Wildman–Crippen MR) is 75.2 cm³/mol. The molecular weight excluding hydrogens is 278 g/mol. The van der Waals surface area contributed by atoms with E-state index in [2.05, 4.69) is 16.0 Å². The summed E-state index contributed by atoms with van der Waals surface area (Å²) in [6, 6.07) is 0. The van der Waals surface area contributed by atoms with Crippen molar-refractivity contribution in [1.29, 1.82) is 0 Å². The number of hydrogen-bond acceptors (Lipinski definition) is 5. The van der Waals surface area contributed by atoms with Crippen LogP contribution in [0, 0.1) is 0 Å². The van der Waals surface area contributed by atoms with Crippen LogP contribution < -0.4 is 16.0 Å². The fourth-order valence-corrected chi connectivity index (χ4v) is 1.21. The van der Waals surface area contributed by atoms with Crippen LogP contribution >= 0.6 is 0 Å². The molecule has 21 heavy (non-hydrogen) atoms. The lowest BCUT2D eigenvalue weighted by Crippen LogP contribution is -2.42. The van der Waals surface area contributed by atoms with Crippen LogP contribution in [0.25, 0.3) is 0 Å². The zero-order chi connectivity index (χ0) is 16.5. The van der Waals surface area contributed by atoms with Gasteiger partial charge in [0.15, 0.2) is 0 Å². The summed E-state index contributed by atoms with van der Waals surface area (Å²) in [6.07, 6.45) is 0.0584. The normalized spacial score (nSPS) is 10.5. The molecule has 0 aromatic heterocycles. The van der Waals surface area contributed by atoms with Gasteiger partial charge in [-0.15, -0.1) is 0 Å². The van der Waals surface area contributed by atoms with Gasteiger partial charge in [-0.05, 0) is 20.8 Å². The average molecular weight is 301 g/mol. The van der Waals surface area contributed by atoms with Gasteiger partial charge in [-0.1, -0.05) is 0 Å². The quantitative estimate of drug-likeness (QED) is 0.527. The standard InChI is InChI=1S/C13H23N3O5/c1-9(17)15-7-11(19)16-8-10(18)14-6-5-12(20)21-13(2,3)4/h5-8H2,1-4H3,(H,14,18)(H,15,17)(H,16,19). The van der Waals surface area contributed by atoms with Crippen LogP contribution in [-0.4, -0.2) is 48.9 Å². The van der Waals surface area contributed by atoms with Crippen molar-refractivity contribution in [2.45, 2.75) is 39.7 Å². The lowest BCUT2D eigenvalue weighted by molar-refractivity contribution is -0.154. The molecular formula is C13H23N3O5. The first-order chi connectivity index (χ1) is 9.60. The molecule has 8 heteroatoms. The van der Waals surface area contributed by atoms with Crippen LogP contribution in [0.15, 0.2) is 0 Å². The van der Waals surface area contributed by atoms with Crippen molar-refractivity contribution in [3.8, 4) is 0 Å². The lowest BCUT2D eigenvalue weighted by Gasteiger charge is -2.19. The van der Waals surface area contributed by atoms with Gasteiger partial charge in [0, 0.05) is 13.5 Å². The Bertz CT molecular complexity index is 401. The molecule has 0 heterocycles. The monoisotopic (exact) mass is 301 g/mol. The summed E-state index contributed by atoms with van der Waals surface area (Å²) in [7, 11) is 0. The minimum atomic E-state index is -0.557. The van der Waals surface area contributed by atoms with Gasteiger partial charge in [0.25, 0.3) is 0 Å². The van der Waals surface area contributed by atoms with Crippen molar-refractivity contribution in [3.05, 3.63) is 0 Å². The molecule has 0 aliphatic rings. The second-order valence-electron chi connectivity index (χ2n) is 5.37. The number of ether oxygens (including phenoxy) is 1. The third-order valence-corrected chi connectivity index (χ3v) is 2.02. The highest BCUT2D eigenvalue weighted by Gasteiger charge is 2.16. The average Bonchev–Trinajstić information content (AvgIpc) is 2.31. The first kappa shape index (κ1) is 18.9. The predicted octanol–water partition coefficient (Wildman–Crippen LogP) is -0.913.